The van der Waals surface area contributed by atoms with Crippen LogP contribution in [-0.4, -0.2) is 47.2 Å². The van der Waals surface area contributed by atoms with Crippen molar-refractivity contribution < 1.29 is 18.3 Å². The Morgan fingerprint density at radius 1 is 1.30 bits per heavy atom. The van der Waals surface area contributed by atoms with Crippen LogP contribution in [0.3, 0.4) is 0 Å². The van der Waals surface area contributed by atoms with E-state index in [0.717, 1.165) is 17.4 Å². The number of rotatable bonds is 5. The van der Waals surface area contributed by atoms with Gasteiger partial charge in [0.1, 0.15) is 5.56 Å². The largest absolute Gasteiger partial charge is 0.477 e. The van der Waals surface area contributed by atoms with Crippen molar-refractivity contribution in [1.29, 1.82) is 0 Å². The van der Waals surface area contributed by atoms with Crippen molar-refractivity contribution in [3.05, 3.63) is 34.2 Å². The standard InChI is InChI=1S/C12H16N2O5S/c15-11-10(12(16)17)4-3-5-13(11)8-9-20(18,19)14-6-1-2-7-14/h3-5H,1-2,6-9H2,(H,16,17). The van der Waals surface area contributed by atoms with Gasteiger partial charge in [0, 0.05) is 25.8 Å². The number of hydrogen-bond acceptors (Lipinski definition) is 4. The zero-order valence-corrected chi connectivity index (χ0v) is 11.7. The number of aromatic carboxylic acids is 1. The maximum absolute atomic E-state index is 12.0. The minimum absolute atomic E-state index is 0.0429. The monoisotopic (exact) mass is 300 g/mol. The molecular formula is C12H16N2O5S. The molecule has 2 rings (SSSR count). The van der Waals surface area contributed by atoms with Crippen molar-refractivity contribution in [3.63, 3.8) is 0 Å². The summed E-state index contributed by atoms with van der Waals surface area (Å²) >= 11 is 0. The first-order valence-electron chi connectivity index (χ1n) is 6.32. The Morgan fingerprint density at radius 2 is 1.95 bits per heavy atom. The summed E-state index contributed by atoms with van der Waals surface area (Å²) in [6, 6.07) is 2.63. The molecule has 0 aromatic carbocycles. The minimum atomic E-state index is -3.38. The van der Waals surface area contributed by atoms with Gasteiger partial charge in [-0.1, -0.05) is 0 Å². The van der Waals surface area contributed by atoms with Crippen LogP contribution in [0.5, 0.6) is 0 Å². The molecule has 0 saturated carbocycles. The highest BCUT2D eigenvalue weighted by Crippen LogP contribution is 2.13. The van der Waals surface area contributed by atoms with Gasteiger partial charge in [0.05, 0.1) is 5.75 Å². The van der Waals surface area contributed by atoms with Crippen molar-refractivity contribution in [2.24, 2.45) is 0 Å². The van der Waals surface area contributed by atoms with Gasteiger partial charge in [0.2, 0.25) is 10.0 Å². The summed E-state index contributed by atoms with van der Waals surface area (Å²) in [6.07, 6.45) is 3.11. The minimum Gasteiger partial charge on any atom is -0.477 e. The predicted molar refractivity (Wildman–Crippen MR) is 72.3 cm³/mol. The van der Waals surface area contributed by atoms with Crippen LogP contribution in [0.2, 0.25) is 0 Å². The molecule has 8 heteroatoms. The Morgan fingerprint density at radius 3 is 2.55 bits per heavy atom. The van der Waals surface area contributed by atoms with Gasteiger partial charge in [-0.2, -0.15) is 0 Å². The second kappa shape index (κ2) is 5.76. The lowest BCUT2D eigenvalue weighted by molar-refractivity contribution is 0.0694. The van der Waals surface area contributed by atoms with E-state index in [1.807, 2.05) is 0 Å². The van der Waals surface area contributed by atoms with E-state index in [-0.39, 0.29) is 17.9 Å². The molecule has 0 atom stereocenters. The third-order valence-corrected chi connectivity index (χ3v) is 5.15. The van der Waals surface area contributed by atoms with E-state index in [9.17, 15) is 18.0 Å². The highest BCUT2D eigenvalue weighted by Gasteiger charge is 2.25. The van der Waals surface area contributed by atoms with Gasteiger partial charge < -0.3 is 9.67 Å². The van der Waals surface area contributed by atoms with Crippen LogP contribution < -0.4 is 5.56 Å². The molecule has 0 radical (unpaired) electrons. The third-order valence-electron chi connectivity index (χ3n) is 3.30. The lowest BCUT2D eigenvalue weighted by atomic mass is 10.3. The quantitative estimate of drug-likeness (QED) is 0.824. The topological polar surface area (TPSA) is 96.7 Å². The van der Waals surface area contributed by atoms with E-state index in [1.54, 1.807) is 0 Å². The zero-order chi connectivity index (χ0) is 14.8. The van der Waals surface area contributed by atoms with Gasteiger partial charge in [-0.25, -0.2) is 17.5 Å². The van der Waals surface area contributed by atoms with E-state index in [1.165, 1.54) is 22.6 Å². The van der Waals surface area contributed by atoms with Crippen LogP contribution in [-0.2, 0) is 16.6 Å². The van der Waals surface area contributed by atoms with E-state index >= 15 is 0 Å². The SMILES string of the molecule is O=C(O)c1cccn(CCS(=O)(=O)N2CCCC2)c1=O. The molecule has 0 spiro atoms. The summed E-state index contributed by atoms with van der Waals surface area (Å²) < 4.78 is 26.6. The maximum Gasteiger partial charge on any atom is 0.341 e. The molecule has 0 bridgehead atoms. The number of sulfonamides is 1. The molecular weight excluding hydrogens is 284 g/mol. The molecule has 20 heavy (non-hydrogen) atoms. The first-order valence-corrected chi connectivity index (χ1v) is 7.93. The fourth-order valence-electron chi connectivity index (χ4n) is 2.18. The normalized spacial score (nSPS) is 16.4. The molecule has 1 fully saturated rings. The van der Waals surface area contributed by atoms with Crippen molar-refractivity contribution in [2.75, 3.05) is 18.8 Å². The molecule has 2 heterocycles. The molecule has 0 aliphatic carbocycles. The Hall–Kier alpha value is -1.67. The number of nitrogens with zero attached hydrogens (tertiary/aromatic N) is 2. The average Bonchev–Trinajstić information content (AvgIpc) is 2.92. The number of carbonyl (C=O) groups is 1. The molecule has 1 aromatic rings. The van der Waals surface area contributed by atoms with Crippen LogP contribution in [0.25, 0.3) is 0 Å². The molecule has 1 aliphatic rings. The maximum atomic E-state index is 12.0. The Kier molecular flexibility index (Phi) is 4.24. The summed E-state index contributed by atoms with van der Waals surface area (Å²) in [5, 5.41) is 8.85. The van der Waals surface area contributed by atoms with E-state index in [2.05, 4.69) is 0 Å². The van der Waals surface area contributed by atoms with Gasteiger partial charge in [-0.15, -0.1) is 0 Å². The Bertz CT molecular complexity index is 659. The number of carboxylic acids is 1. The third kappa shape index (κ3) is 3.07. The van der Waals surface area contributed by atoms with Gasteiger partial charge >= 0.3 is 5.97 Å². The Labute approximate surface area is 116 Å². The lowest BCUT2D eigenvalue weighted by Crippen LogP contribution is -2.34. The predicted octanol–water partition coefficient (Wildman–Crippen LogP) is -0.0279. The van der Waals surface area contributed by atoms with Crippen molar-refractivity contribution >= 4 is 16.0 Å². The number of carboxylic acid groups (broad SMARTS) is 1. The van der Waals surface area contributed by atoms with Gasteiger partial charge in [-0.05, 0) is 25.0 Å². The molecule has 0 amide bonds. The van der Waals surface area contributed by atoms with Crippen molar-refractivity contribution in [2.45, 2.75) is 19.4 Å². The summed E-state index contributed by atoms with van der Waals surface area (Å²) in [7, 11) is -3.38. The van der Waals surface area contributed by atoms with Crippen LogP contribution in [0, 0.1) is 0 Å². The van der Waals surface area contributed by atoms with E-state index < -0.39 is 21.6 Å². The summed E-state index contributed by atoms with van der Waals surface area (Å²) in [5.41, 5.74) is -1.04. The van der Waals surface area contributed by atoms with Crippen molar-refractivity contribution in [1.82, 2.24) is 8.87 Å². The molecule has 1 aromatic heterocycles. The number of aromatic nitrogens is 1. The highest BCUT2D eigenvalue weighted by atomic mass is 32.2. The highest BCUT2D eigenvalue weighted by molar-refractivity contribution is 7.89. The first-order chi connectivity index (χ1) is 9.42. The smallest absolute Gasteiger partial charge is 0.341 e. The van der Waals surface area contributed by atoms with Crippen LogP contribution in [0.1, 0.15) is 23.2 Å². The first kappa shape index (κ1) is 14.7. The fraction of sp³-hybridized carbons (Fsp3) is 0.500. The number of aryl methyl sites for hydroxylation is 1. The lowest BCUT2D eigenvalue weighted by Gasteiger charge is -2.15. The van der Waals surface area contributed by atoms with E-state index in [0.29, 0.717) is 13.1 Å². The second-order valence-electron chi connectivity index (χ2n) is 4.65. The molecule has 110 valence electrons. The van der Waals surface area contributed by atoms with Crippen molar-refractivity contribution in [3.8, 4) is 0 Å². The molecule has 0 unspecified atom stereocenters. The molecule has 1 saturated heterocycles. The average molecular weight is 300 g/mol. The fourth-order valence-corrected chi connectivity index (χ4v) is 3.68. The van der Waals surface area contributed by atoms with Gasteiger partial charge in [0.15, 0.2) is 0 Å². The molecule has 1 N–H and O–H groups in total. The molecule has 7 nitrogen and oxygen atoms in total. The van der Waals surface area contributed by atoms with Gasteiger partial charge in [0.25, 0.3) is 5.56 Å². The van der Waals surface area contributed by atoms with Gasteiger partial charge in [-0.3, -0.25) is 4.79 Å². The summed E-state index contributed by atoms with van der Waals surface area (Å²) in [6.45, 7) is 0.998. The zero-order valence-electron chi connectivity index (χ0n) is 10.9. The number of pyridine rings is 1. The summed E-state index contributed by atoms with van der Waals surface area (Å²) in [5.74, 6) is -1.51. The number of hydrogen-bond donors (Lipinski definition) is 1. The second-order valence-corrected chi connectivity index (χ2v) is 6.74. The Balaban J connectivity index is 2.13. The van der Waals surface area contributed by atoms with Crippen LogP contribution in [0.4, 0.5) is 0 Å². The molecule has 1 aliphatic heterocycles. The van der Waals surface area contributed by atoms with E-state index in [4.69, 9.17) is 5.11 Å². The van der Waals surface area contributed by atoms with Crippen LogP contribution in [0.15, 0.2) is 23.1 Å². The summed E-state index contributed by atoms with van der Waals surface area (Å²) in [4.78, 5) is 22.7. The van der Waals surface area contributed by atoms with Crippen LogP contribution >= 0.6 is 0 Å².